The molecule has 8 aromatic carbocycles. The van der Waals surface area contributed by atoms with E-state index in [0.29, 0.717) is 17.5 Å². The normalized spacial score (nSPS) is 17.4. The Morgan fingerprint density at radius 3 is 2.02 bits per heavy atom. The molecule has 2 aliphatic carbocycles. The second-order valence-electron chi connectivity index (χ2n) is 16.6. The van der Waals surface area contributed by atoms with Crippen LogP contribution in [0.15, 0.2) is 199 Å². The molecular weight excluding hydrogens is 745 g/mol. The third-order valence-electron chi connectivity index (χ3n) is 13.0. The highest BCUT2D eigenvalue weighted by molar-refractivity contribution is 6.18. The molecule has 0 spiro atoms. The molecule has 2 unspecified atom stereocenters. The Morgan fingerprint density at radius 1 is 0.508 bits per heavy atom. The van der Waals surface area contributed by atoms with Crippen LogP contribution in [-0.2, 0) is 0 Å². The van der Waals surface area contributed by atoms with Crippen molar-refractivity contribution in [3.05, 3.63) is 200 Å². The van der Waals surface area contributed by atoms with E-state index in [4.69, 9.17) is 19.4 Å². The minimum Gasteiger partial charge on any atom is -0.455 e. The molecule has 5 nitrogen and oxygen atoms in total. The number of aromatic nitrogens is 4. The van der Waals surface area contributed by atoms with E-state index in [2.05, 4.69) is 200 Å². The van der Waals surface area contributed by atoms with E-state index in [1.807, 2.05) is 6.07 Å². The molecule has 5 heteroatoms. The van der Waals surface area contributed by atoms with Gasteiger partial charge in [0.25, 0.3) is 0 Å². The maximum atomic E-state index is 6.97. The van der Waals surface area contributed by atoms with Gasteiger partial charge in [0, 0.05) is 38.6 Å². The zero-order chi connectivity index (χ0) is 40.2. The van der Waals surface area contributed by atoms with Crippen molar-refractivity contribution in [1.82, 2.24) is 19.5 Å². The van der Waals surface area contributed by atoms with Gasteiger partial charge >= 0.3 is 0 Å². The van der Waals surface area contributed by atoms with Crippen LogP contribution < -0.4 is 0 Å². The molecular formula is C56H36N4O. The third-order valence-corrected chi connectivity index (χ3v) is 13.0. The summed E-state index contributed by atoms with van der Waals surface area (Å²) in [6.45, 7) is 2.27. The molecule has 0 saturated carbocycles. The second-order valence-corrected chi connectivity index (χ2v) is 16.6. The summed E-state index contributed by atoms with van der Waals surface area (Å²) >= 11 is 0. The molecule has 0 radical (unpaired) electrons. The van der Waals surface area contributed by atoms with Crippen molar-refractivity contribution in [1.29, 1.82) is 0 Å². The first-order chi connectivity index (χ1) is 30.1. The van der Waals surface area contributed by atoms with E-state index in [9.17, 15) is 0 Å². The van der Waals surface area contributed by atoms with Crippen LogP contribution >= 0.6 is 0 Å². The lowest BCUT2D eigenvalue weighted by atomic mass is 9.68. The van der Waals surface area contributed by atoms with Crippen LogP contribution in [0, 0.1) is 11.3 Å². The zero-order valence-corrected chi connectivity index (χ0v) is 33.2. The van der Waals surface area contributed by atoms with Gasteiger partial charge in [0.2, 0.25) is 0 Å². The Morgan fingerprint density at radius 2 is 1.16 bits per heavy atom. The average Bonchev–Trinajstić information content (AvgIpc) is 3.86. The maximum Gasteiger partial charge on any atom is 0.167 e. The van der Waals surface area contributed by atoms with Crippen molar-refractivity contribution in [3.8, 4) is 28.5 Å². The molecule has 0 aliphatic heterocycles. The van der Waals surface area contributed by atoms with Gasteiger partial charge in [-0.25, -0.2) is 15.0 Å². The van der Waals surface area contributed by atoms with E-state index in [0.717, 1.165) is 71.5 Å². The Kier molecular flexibility index (Phi) is 7.14. The smallest absolute Gasteiger partial charge is 0.167 e. The van der Waals surface area contributed by atoms with E-state index in [1.54, 1.807) is 0 Å². The number of furan rings is 1. The quantitative estimate of drug-likeness (QED) is 0.167. The molecule has 3 aromatic heterocycles. The van der Waals surface area contributed by atoms with Crippen molar-refractivity contribution in [2.75, 3.05) is 0 Å². The molecule has 0 fully saturated rings. The van der Waals surface area contributed by atoms with Gasteiger partial charge in [0.15, 0.2) is 17.5 Å². The van der Waals surface area contributed by atoms with Crippen molar-refractivity contribution >= 4 is 81.6 Å². The van der Waals surface area contributed by atoms with Crippen LogP contribution in [0.1, 0.15) is 12.7 Å². The van der Waals surface area contributed by atoms with E-state index in [1.165, 1.54) is 26.9 Å². The number of fused-ring (bicyclic) bond motifs is 11. The minimum atomic E-state index is -0.206. The van der Waals surface area contributed by atoms with Gasteiger partial charge in [0.05, 0.1) is 27.7 Å². The number of allylic oxidation sites excluding steroid dienone is 8. The summed E-state index contributed by atoms with van der Waals surface area (Å²) in [5.41, 5.74) is 7.47. The Bertz CT molecular complexity index is 3800. The fraction of sp³-hybridized carbons (Fsp3) is 0.0536. The fourth-order valence-electron chi connectivity index (χ4n) is 10.1. The molecule has 286 valence electrons. The Balaban J connectivity index is 1.11. The highest BCUT2D eigenvalue weighted by Crippen LogP contribution is 2.47. The molecule has 2 atom stereocenters. The predicted molar refractivity (Wildman–Crippen MR) is 252 cm³/mol. The lowest BCUT2D eigenvalue weighted by molar-refractivity contribution is 0.462. The van der Waals surface area contributed by atoms with Gasteiger partial charge in [-0.2, -0.15) is 0 Å². The number of benzene rings is 8. The number of rotatable bonds is 4. The highest BCUT2D eigenvalue weighted by atomic mass is 16.3. The number of nitrogens with zero attached hydrogens (tertiary/aromatic N) is 4. The van der Waals surface area contributed by atoms with Gasteiger partial charge in [-0.1, -0.05) is 159 Å². The average molecular weight is 781 g/mol. The number of hydrogen-bond donors (Lipinski definition) is 0. The highest BCUT2D eigenvalue weighted by Gasteiger charge is 2.36. The van der Waals surface area contributed by atoms with Crippen molar-refractivity contribution in [2.24, 2.45) is 11.3 Å². The standard InChI is InChI=1S/C56H36N4O/c1-56-29-13-12-24-46(56)41(23-14-30-56)53-57-54(59-55(58-53)45-32-36-17-4-5-18-37(36)38-19-6-7-20-39(38)45)43-27-28-48(51-42-22-9-11-26-50(42)61-52(43)51)60-47-25-10-8-21-40(47)44-31-34-15-2-3-16-35(34)33-49(44)60/h2-33,46H,1H3. The first-order valence-electron chi connectivity index (χ1n) is 20.9. The van der Waals surface area contributed by atoms with E-state index in [-0.39, 0.29) is 11.3 Å². The van der Waals surface area contributed by atoms with Crippen LogP contribution in [0.25, 0.3) is 110 Å². The topological polar surface area (TPSA) is 56.7 Å². The molecule has 0 saturated heterocycles. The van der Waals surface area contributed by atoms with Crippen LogP contribution in [0.5, 0.6) is 0 Å². The summed E-state index contributed by atoms with van der Waals surface area (Å²) in [4.78, 5) is 16.2. The molecule has 0 bridgehead atoms. The van der Waals surface area contributed by atoms with Crippen LogP contribution in [-0.4, -0.2) is 19.5 Å². The monoisotopic (exact) mass is 780 g/mol. The predicted octanol–water partition coefficient (Wildman–Crippen LogP) is 14.4. The second kappa shape index (κ2) is 12.8. The molecule has 2 aliphatic rings. The molecule has 11 aromatic rings. The lowest BCUT2D eigenvalue weighted by Gasteiger charge is -2.36. The van der Waals surface area contributed by atoms with Crippen LogP contribution in [0.3, 0.4) is 0 Å². The lowest BCUT2D eigenvalue weighted by Crippen LogP contribution is -2.27. The number of para-hydroxylation sites is 2. The minimum absolute atomic E-state index is 0.0546. The number of hydrogen-bond acceptors (Lipinski definition) is 4. The van der Waals surface area contributed by atoms with Crippen molar-refractivity contribution in [2.45, 2.75) is 6.92 Å². The SMILES string of the molecule is CC12C=CC=CC1C(c1nc(-c3cc4ccccc4c4ccccc34)nc(-c3ccc(-n4c5ccccc5c5cc6ccccc6cc54)c4c3oc3ccccc34)n1)=CC=C2. The van der Waals surface area contributed by atoms with Gasteiger partial charge in [-0.05, 0) is 74.8 Å². The van der Waals surface area contributed by atoms with Gasteiger partial charge in [-0.15, -0.1) is 0 Å². The van der Waals surface area contributed by atoms with Gasteiger partial charge in [0.1, 0.15) is 11.2 Å². The molecule has 13 rings (SSSR count). The van der Waals surface area contributed by atoms with Crippen LogP contribution in [0.2, 0.25) is 0 Å². The van der Waals surface area contributed by atoms with Crippen molar-refractivity contribution < 1.29 is 4.42 Å². The summed E-state index contributed by atoms with van der Waals surface area (Å²) in [7, 11) is 0. The Labute approximate surface area is 350 Å². The summed E-state index contributed by atoms with van der Waals surface area (Å²) in [6, 6.07) is 54.0. The summed E-state index contributed by atoms with van der Waals surface area (Å²) in [5.74, 6) is 1.89. The summed E-state index contributed by atoms with van der Waals surface area (Å²) in [5, 5.41) is 11.5. The molecule has 0 N–H and O–H groups in total. The Hall–Kier alpha value is -7.89. The van der Waals surface area contributed by atoms with E-state index < -0.39 is 0 Å². The molecule has 3 heterocycles. The molecule has 0 amide bonds. The zero-order valence-electron chi connectivity index (χ0n) is 33.2. The van der Waals surface area contributed by atoms with Crippen LogP contribution in [0.4, 0.5) is 0 Å². The summed E-state index contributed by atoms with van der Waals surface area (Å²) in [6.07, 6.45) is 15.4. The van der Waals surface area contributed by atoms with Crippen molar-refractivity contribution in [3.63, 3.8) is 0 Å². The van der Waals surface area contributed by atoms with E-state index >= 15 is 0 Å². The summed E-state index contributed by atoms with van der Waals surface area (Å²) < 4.78 is 9.37. The maximum absolute atomic E-state index is 6.97. The fourth-order valence-corrected chi connectivity index (χ4v) is 10.1. The third kappa shape index (κ3) is 5.04. The van der Waals surface area contributed by atoms with Gasteiger partial charge in [-0.3, -0.25) is 0 Å². The molecule has 61 heavy (non-hydrogen) atoms. The van der Waals surface area contributed by atoms with Gasteiger partial charge < -0.3 is 8.98 Å². The largest absolute Gasteiger partial charge is 0.455 e. The first-order valence-corrected chi connectivity index (χ1v) is 20.9. The first kappa shape index (κ1) is 34.0.